The minimum absolute atomic E-state index is 0.0782. The Balaban J connectivity index is 1.94. The number of nitrogens with zero attached hydrogens (tertiary/aromatic N) is 4. The van der Waals surface area contributed by atoms with Crippen molar-refractivity contribution in [2.45, 2.75) is 39.3 Å². The highest BCUT2D eigenvalue weighted by Crippen LogP contribution is 2.37. The highest BCUT2D eigenvalue weighted by molar-refractivity contribution is 5.72. The van der Waals surface area contributed by atoms with Crippen LogP contribution in [0, 0.1) is 6.92 Å². The van der Waals surface area contributed by atoms with Gasteiger partial charge in [-0.3, -0.25) is 9.48 Å². The molecule has 0 saturated heterocycles. The molecule has 11 heteroatoms. The molecule has 0 spiro atoms. The van der Waals surface area contributed by atoms with Gasteiger partial charge < -0.3 is 14.7 Å². The van der Waals surface area contributed by atoms with Gasteiger partial charge in [-0.05, 0) is 19.4 Å². The van der Waals surface area contributed by atoms with Gasteiger partial charge in [0.2, 0.25) is 0 Å². The summed E-state index contributed by atoms with van der Waals surface area (Å²) in [6.07, 6.45) is -4.16. The Labute approximate surface area is 151 Å². The first-order valence-electron chi connectivity index (χ1n) is 8.09. The van der Waals surface area contributed by atoms with Crippen molar-refractivity contribution in [2.24, 2.45) is 0 Å². The summed E-state index contributed by atoms with van der Waals surface area (Å²) in [4.78, 5) is 25.6. The van der Waals surface area contributed by atoms with Crippen LogP contribution in [0.15, 0.2) is 23.3 Å². The van der Waals surface area contributed by atoms with Crippen LogP contribution in [0.2, 0.25) is 0 Å². The van der Waals surface area contributed by atoms with Crippen molar-refractivity contribution >= 4 is 11.8 Å². The molecule has 146 valence electrons. The van der Waals surface area contributed by atoms with Crippen LogP contribution in [0.4, 0.5) is 23.7 Å². The monoisotopic (exact) mass is 386 g/mol. The minimum Gasteiger partial charge on any atom is -0.449 e. The van der Waals surface area contributed by atoms with E-state index in [1.165, 1.54) is 24.1 Å². The van der Waals surface area contributed by atoms with E-state index in [4.69, 9.17) is 4.74 Å². The topological polar surface area (TPSA) is 89.6 Å². The fourth-order valence-electron chi connectivity index (χ4n) is 3.14. The number of carbonyl (C=O) groups excluding carboxylic acids is 1. The standard InChI is InChI=1S/C16H17F3N4O4/c1-3-27-15(26)23-9(2)13-10(4-12(23)24)6-22(14(13)25)11-5-20-21(7-11)8-16(17,18)19/h4-5,7,14,25H,3,6,8H2,1-2H3. The molecule has 2 aromatic heterocycles. The summed E-state index contributed by atoms with van der Waals surface area (Å²) in [7, 11) is 0. The molecular formula is C16H17F3N4O4. The quantitative estimate of drug-likeness (QED) is 0.867. The van der Waals surface area contributed by atoms with Gasteiger partial charge >= 0.3 is 12.3 Å². The molecule has 1 atom stereocenters. The Morgan fingerprint density at radius 1 is 1.44 bits per heavy atom. The number of carbonyl (C=O) groups is 1. The molecule has 3 heterocycles. The fraction of sp³-hybridized carbons (Fsp3) is 0.438. The van der Waals surface area contributed by atoms with E-state index in [2.05, 4.69) is 5.10 Å². The maximum Gasteiger partial charge on any atom is 0.421 e. The van der Waals surface area contributed by atoms with E-state index in [0.29, 0.717) is 11.1 Å². The molecule has 0 saturated carbocycles. The molecule has 0 fully saturated rings. The molecule has 8 nitrogen and oxygen atoms in total. The summed E-state index contributed by atoms with van der Waals surface area (Å²) in [6.45, 7) is 2.01. The second kappa shape index (κ2) is 6.72. The highest BCUT2D eigenvalue weighted by atomic mass is 19.4. The third kappa shape index (κ3) is 3.54. The second-order valence-electron chi connectivity index (χ2n) is 6.05. The van der Waals surface area contributed by atoms with E-state index < -0.39 is 30.6 Å². The number of ether oxygens (including phenoxy) is 1. The van der Waals surface area contributed by atoms with Gasteiger partial charge in [0.1, 0.15) is 6.54 Å². The number of aliphatic hydroxyl groups excluding tert-OH is 1. The van der Waals surface area contributed by atoms with Crippen LogP contribution in [0.25, 0.3) is 0 Å². The molecule has 1 N–H and O–H groups in total. The average molecular weight is 386 g/mol. The van der Waals surface area contributed by atoms with Crippen molar-refractivity contribution < 1.29 is 27.8 Å². The lowest BCUT2D eigenvalue weighted by molar-refractivity contribution is -0.142. The van der Waals surface area contributed by atoms with Crippen LogP contribution < -0.4 is 10.5 Å². The first-order valence-corrected chi connectivity index (χ1v) is 8.09. The molecule has 0 aliphatic carbocycles. The fourth-order valence-corrected chi connectivity index (χ4v) is 3.14. The molecule has 1 unspecified atom stereocenters. The van der Waals surface area contributed by atoms with Gasteiger partial charge in [-0.1, -0.05) is 0 Å². The maximum atomic E-state index is 12.5. The summed E-state index contributed by atoms with van der Waals surface area (Å²) in [6, 6.07) is 1.21. The first-order chi connectivity index (χ1) is 12.6. The van der Waals surface area contributed by atoms with Gasteiger partial charge in [-0.25, -0.2) is 9.36 Å². The highest BCUT2D eigenvalue weighted by Gasteiger charge is 2.34. The second-order valence-corrected chi connectivity index (χ2v) is 6.05. The van der Waals surface area contributed by atoms with Crippen molar-refractivity contribution in [1.29, 1.82) is 0 Å². The average Bonchev–Trinajstić information content (AvgIpc) is 3.10. The summed E-state index contributed by atoms with van der Waals surface area (Å²) in [5, 5.41) is 14.3. The number of anilines is 1. The van der Waals surface area contributed by atoms with E-state index in [-0.39, 0.29) is 24.5 Å². The Kier molecular flexibility index (Phi) is 4.72. The van der Waals surface area contributed by atoms with E-state index in [1.54, 1.807) is 6.92 Å². The van der Waals surface area contributed by atoms with Gasteiger partial charge in [0.15, 0.2) is 6.23 Å². The Morgan fingerprint density at radius 2 is 2.15 bits per heavy atom. The number of pyridine rings is 1. The van der Waals surface area contributed by atoms with Crippen molar-refractivity contribution in [3.8, 4) is 0 Å². The van der Waals surface area contributed by atoms with E-state index in [1.807, 2.05) is 0 Å². The van der Waals surface area contributed by atoms with Gasteiger partial charge in [-0.2, -0.15) is 18.3 Å². The van der Waals surface area contributed by atoms with Crippen molar-refractivity contribution in [3.05, 3.63) is 45.6 Å². The van der Waals surface area contributed by atoms with Gasteiger partial charge in [0.25, 0.3) is 5.56 Å². The van der Waals surface area contributed by atoms with Crippen LogP contribution in [0.3, 0.4) is 0 Å². The molecular weight excluding hydrogens is 369 g/mol. The first kappa shape index (κ1) is 19.0. The Bertz CT molecular complexity index is 935. The minimum atomic E-state index is -4.42. The summed E-state index contributed by atoms with van der Waals surface area (Å²) < 4.78 is 43.9. The third-order valence-corrected chi connectivity index (χ3v) is 4.23. The molecule has 0 aromatic carbocycles. The van der Waals surface area contributed by atoms with Crippen molar-refractivity contribution in [2.75, 3.05) is 11.5 Å². The van der Waals surface area contributed by atoms with Crippen molar-refractivity contribution in [1.82, 2.24) is 14.3 Å². The number of hydrogen-bond donors (Lipinski definition) is 1. The number of hydrogen-bond acceptors (Lipinski definition) is 6. The molecule has 0 radical (unpaired) electrons. The Hall–Kier alpha value is -2.82. The van der Waals surface area contributed by atoms with E-state index in [9.17, 15) is 27.9 Å². The maximum absolute atomic E-state index is 12.5. The normalized spacial score (nSPS) is 16.5. The van der Waals surface area contributed by atoms with E-state index >= 15 is 0 Å². The number of aliphatic hydroxyl groups is 1. The molecule has 1 aliphatic rings. The van der Waals surface area contributed by atoms with Gasteiger partial charge in [0, 0.05) is 30.1 Å². The van der Waals surface area contributed by atoms with Crippen LogP contribution >= 0.6 is 0 Å². The number of fused-ring (bicyclic) bond motifs is 1. The van der Waals surface area contributed by atoms with Crippen LogP contribution in [0.5, 0.6) is 0 Å². The molecule has 0 bridgehead atoms. The van der Waals surface area contributed by atoms with Gasteiger partial charge in [-0.15, -0.1) is 0 Å². The van der Waals surface area contributed by atoms with Crippen molar-refractivity contribution in [3.63, 3.8) is 0 Å². The lowest BCUT2D eigenvalue weighted by Gasteiger charge is -2.21. The zero-order valence-electron chi connectivity index (χ0n) is 14.5. The molecule has 0 amide bonds. The van der Waals surface area contributed by atoms with Crippen LogP contribution in [-0.2, 0) is 17.8 Å². The lowest BCUT2D eigenvalue weighted by Crippen LogP contribution is -2.31. The molecule has 27 heavy (non-hydrogen) atoms. The van der Waals surface area contributed by atoms with Gasteiger partial charge in [0.05, 0.1) is 18.5 Å². The zero-order chi connectivity index (χ0) is 19.9. The number of rotatable bonds is 3. The Morgan fingerprint density at radius 3 is 2.78 bits per heavy atom. The van der Waals surface area contributed by atoms with Crippen LogP contribution in [-0.4, -0.2) is 38.3 Å². The molecule has 1 aliphatic heterocycles. The lowest BCUT2D eigenvalue weighted by atomic mass is 10.1. The van der Waals surface area contributed by atoms with Crippen LogP contribution in [0.1, 0.15) is 30.0 Å². The largest absolute Gasteiger partial charge is 0.449 e. The summed E-state index contributed by atoms with van der Waals surface area (Å²) >= 11 is 0. The molecule has 2 aromatic rings. The summed E-state index contributed by atoms with van der Waals surface area (Å²) in [5.74, 6) is 0. The number of aromatic nitrogens is 3. The summed E-state index contributed by atoms with van der Waals surface area (Å²) in [5.41, 5.74) is 0.693. The predicted octanol–water partition coefficient (Wildman–Crippen LogP) is 1.93. The number of halogens is 3. The number of alkyl halides is 3. The zero-order valence-corrected chi connectivity index (χ0v) is 14.5. The molecule has 3 rings (SSSR count). The third-order valence-electron chi connectivity index (χ3n) is 4.23. The SMILES string of the molecule is CCOC(=O)n1c(C)c2c(cc1=O)CN(c1cnn(CC(F)(F)F)c1)C2O. The predicted molar refractivity (Wildman–Crippen MR) is 87.3 cm³/mol. The van der Waals surface area contributed by atoms with E-state index in [0.717, 1.165) is 15.4 Å². The smallest absolute Gasteiger partial charge is 0.421 e.